The maximum Gasteiger partial charge on any atom is 0.251 e. The molecule has 0 saturated carbocycles. The van der Waals surface area contributed by atoms with E-state index < -0.39 is 0 Å². The molecule has 0 radical (unpaired) electrons. The highest BCUT2D eigenvalue weighted by Gasteiger charge is 2.09. The van der Waals surface area contributed by atoms with Gasteiger partial charge in [-0.15, -0.1) is 0 Å². The number of nitrogens with one attached hydrogen (secondary N) is 1. The summed E-state index contributed by atoms with van der Waals surface area (Å²) in [5.74, 6) is -0.259. The van der Waals surface area contributed by atoms with Gasteiger partial charge in [-0.2, -0.15) is 0 Å². The van der Waals surface area contributed by atoms with E-state index in [0.29, 0.717) is 16.8 Å². The molecule has 2 N–H and O–H groups in total. The molecule has 1 amide bonds. The Kier molecular flexibility index (Phi) is 3.21. The zero-order valence-electron chi connectivity index (χ0n) is 7.74. The van der Waals surface area contributed by atoms with Crippen LogP contribution in [0.25, 0.3) is 4.85 Å². The molecule has 0 unspecified atom stereocenters. The molecular weight excluding hydrogens is 180 g/mol. The fourth-order valence-electron chi connectivity index (χ4n) is 1.14. The minimum atomic E-state index is -0.259. The second kappa shape index (κ2) is 4.40. The Morgan fingerprint density at radius 2 is 2.36 bits per heavy atom. The van der Waals surface area contributed by atoms with Crippen LogP contribution >= 0.6 is 0 Å². The first-order valence-corrected chi connectivity index (χ1v) is 4.06. The minimum Gasteiger partial charge on any atom is -0.392 e. The quantitative estimate of drug-likeness (QED) is 0.686. The van der Waals surface area contributed by atoms with Crippen LogP contribution in [0.3, 0.4) is 0 Å². The van der Waals surface area contributed by atoms with E-state index in [1.165, 1.54) is 19.2 Å². The monoisotopic (exact) mass is 190 g/mol. The van der Waals surface area contributed by atoms with Crippen LogP contribution in [-0.4, -0.2) is 18.1 Å². The van der Waals surface area contributed by atoms with Gasteiger partial charge in [0, 0.05) is 12.6 Å². The van der Waals surface area contributed by atoms with E-state index in [2.05, 4.69) is 10.2 Å². The first-order valence-electron chi connectivity index (χ1n) is 4.06. The number of aliphatic hydroxyl groups is 1. The molecule has 1 rings (SSSR count). The summed E-state index contributed by atoms with van der Waals surface area (Å²) >= 11 is 0. The molecule has 0 spiro atoms. The lowest BCUT2D eigenvalue weighted by Crippen LogP contribution is -2.19. The van der Waals surface area contributed by atoms with Crippen LogP contribution in [0, 0.1) is 6.57 Å². The van der Waals surface area contributed by atoms with Gasteiger partial charge in [-0.1, -0.05) is 18.2 Å². The molecule has 1 aromatic carbocycles. The van der Waals surface area contributed by atoms with Gasteiger partial charge in [0.15, 0.2) is 5.69 Å². The molecule has 14 heavy (non-hydrogen) atoms. The Labute approximate surface area is 82.0 Å². The molecule has 0 aromatic heterocycles. The van der Waals surface area contributed by atoms with Crippen molar-refractivity contribution in [1.82, 2.24) is 5.32 Å². The second-order valence-electron chi connectivity index (χ2n) is 2.69. The molecule has 0 saturated heterocycles. The smallest absolute Gasteiger partial charge is 0.251 e. The summed E-state index contributed by atoms with van der Waals surface area (Å²) in [5, 5.41) is 11.5. The van der Waals surface area contributed by atoms with Crippen LogP contribution in [0.5, 0.6) is 0 Å². The molecule has 0 atom stereocenters. The van der Waals surface area contributed by atoms with Crippen LogP contribution in [0.15, 0.2) is 18.2 Å². The van der Waals surface area contributed by atoms with Gasteiger partial charge in [-0.05, 0) is 5.56 Å². The van der Waals surface area contributed by atoms with Crippen LogP contribution in [0.1, 0.15) is 15.9 Å². The SMILES string of the molecule is [C-]#[N+]c1ccc(C(=O)NC)c(CO)c1. The number of benzene rings is 1. The summed E-state index contributed by atoms with van der Waals surface area (Å²) in [6, 6.07) is 4.60. The van der Waals surface area contributed by atoms with Crippen molar-refractivity contribution in [2.45, 2.75) is 6.61 Å². The van der Waals surface area contributed by atoms with Crippen LogP contribution in [-0.2, 0) is 6.61 Å². The number of carbonyl (C=O) groups is 1. The number of aliphatic hydroxyl groups excluding tert-OH is 1. The largest absolute Gasteiger partial charge is 0.392 e. The van der Waals surface area contributed by atoms with Crippen molar-refractivity contribution in [3.05, 3.63) is 40.7 Å². The summed E-state index contributed by atoms with van der Waals surface area (Å²) in [4.78, 5) is 14.5. The van der Waals surface area contributed by atoms with Gasteiger partial charge in [0.25, 0.3) is 5.91 Å². The van der Waals surface area contributed by atoms with E-state index in [0.717, 1.165) is 0 Å². The van der Waals surface area contributed by atoms with Crippen LogP contribution in [0.4, 0.5) is 5.69 Å². The van der Waals surface area contributed by atoms with E-state index in [1.54, 1.807) is 6.07 Å². The molecule has 1 aromatic rings. The van der Waals surface area contributed by atoms with Gasteiger partial charge in [-0.3, -0.25) is 4.79 Å². The van der Waals surface area contributed by atoms with E-state index in [-0.39, 0.29) is 12.5 Å². The molecule has 4 nitrogen and oxygen atoms in total. The highest BCUT2D eigenvalue weighted by Crippen LogP contribution is 2.18. The Morgan fingerprint density at radius 3 is 2.86 bits per heavy atom. The maximum absolute atomic E-state index is 11.3. The molecular formula is C10H10N2O2. The Morgan fingerprint density at radius 1 is 1.64 bits per heavy atom. The third-order valence-corrected chi connectivity index (χ3v) is 1.86. The first kappa shape index (κ1) is 10.2. The van der Waals surface area contributed by atoms with E-state index in [1.807, 2.05) is 0 Å². The lowest BCUT2D eigenvalue weighted by molar-refractivity contribution is 0.0960. The van der Waals surface area contributed by atoms with Gasteiger partial charge in [-0.25, -0.2) is 4.85 Å². The van der Waals surface area contributed by atoms with Crippen molar-refractivity contribution in [3.63, 3.8) is 0 Å². The number of hydrogen-bond acceptors (Lipinski definition) is 2. The predicted octanol–water partition coefficient (Wildman–Crippen LogP) is 1.09. The summed E-state index contributed by atoms with van der Waals surface area (Å²) in [7, 11) is 1.52. The number of hydrogen-bond donors (Lipinski definition) is 2. The van der Waals surface area contributed by atoms with Gasteiger partial charge < -0.3 is 10.4 Å². The first-order chi connectivity index (χ1) is 6.72. The van der Waals surface area contributed by atoms with Crippen molar-refractivity contribution in [3.8, 4) is 0 Å². The lowest BCUT2D eigenvalue weighted by atomic mass is 10.1. The normalized spacial score (nSPS) is 9.21. The predicted molar refractivity (Wildman–Crippen MR) is 52.0 cm³/mol. The molecule has 72 valence electrons. The Bertz CT molecular complexity index is 394. The third-order valence-electron chi connectivity index (χ3n) is 1.86. The number of rotatable bonds is 2. The van der Waals surface area contributed by atoms with Gasteiger partial charge in [0.2, 0.25) is 0 Å². The number of carbonyl (C=O) groups excluding carboxylic acids is 1. The summed E-state index contributed by atoms with van der Waals surface area (Å²) in [6.07, 6.45) is 0. The summed E-state index contributed by atoms with van der Waals surface area (Å²) < 4.78 is 0. The zero-order chi connectivity index (χ0) is 10.6. The third kappa shape index (κ3) is 1.90. The molecule has 0 heterocycles. The lowest BCUT2D eigenvalue weighted by Gasteiger charge is -2.05. The summed E-state index contributed by atoms with van der Waals surface area (Å²) in [6.45, 7) is 6.54. The number of nitrogens with zero attached hydrogens (tertiary/aromatic N) is 1. The molecule has 0 fully saturated rings. The number of amides is 1. The van der Waals surface area contributed by atoms with Crippen LogP contribution < -0.4 is 5.32 Å². The zero-order valence-corrected chi connectivity index (χ0v) is 7.74. The topological polar surface area (TPSA) is 53.7 Å². The highest BCUT2D eigenvalue weighted by atomic mass is 16.3. The fourth-order valence-corrected chi connectivity index (χ4v) is 1.14. The van der Waals surface area contributed by atoms with Gasteiger partial charge in [0.05, 0.1) is 13.2 Å². The fraction of sp³-hybridized carbons (Fsp3) is 0.200. The van der Waals surface area contributed by atoms with Crippen molar-refractivity contribution in [1.29, 1.82) is 0 Å². The molecule has 0 aliphatic rings. The Balaban J connectivity index is 3.19. The van der Waals surface area contributed by atoms with Crippen molar-refractivity contribution in [2.24, 2.45) is 0 Å². The van der Waals surface area contributed by atoms with Crippen molar-refractivity contribution < 1.29 is 9.90 Å². The average molecular weight is 190 g/mol. The van der Waals surface area contributed by atoms with Gasteiger partial charge >= 0.3 is 0 Å². The average Bonchev–Trinajstić information content (AvgIpc) is 2.27. The van der Waals surface area contributed by atoms with E-state index >= 15 is 0 Å². The maximum atomic E-state index is 11.3. The summed E-state index contributed by atoms with van der Waals surface area (Å²) in [5.41, 5.74) is 1.29. The molecule has 0 aliphatic carbocycles. The van der Waals surface area contributed by atoms with E-state index in [9.17, 15) is 4.79 Å². The van der Waals surface area contributed by atoms with E-state index in [4.69, 9.17) is 11.7 Å². The Hall–Kier alpha value is -1.86. The van der Waals surface area contributed by atoms with Crippen molar-refractivity contribution >= 4 is 11.6 Å². The van der Waals surface area contributed by atoms with Crippen molar-refractivity contribution in [2.75, 3.05) is 7.05 Å². The second-order valence-corrected chi connectivity index (χ2v) is 2.69. The molecule has 4 heteroatoms. The molecule has 0 aliphatic heterocycles. The molecule has 0 bridgehead atoms. The van der Waals surface area contributed by atoms with Crippen LogP contribution in [0.2, 0.25) is 0 Å². The highest BCUT2D eigenvalue weighted by molar-refractivity contribution is 5.95. The standard InChI is InChI=1S/C10H10N2O2/c1-11-8-3-4-9(10(14)12-2)7(5-8)6-13/h3-5,13H,6H2,2H3,(H,12,14). The van der Waals surface area contributed by atoms with Gasteiger partial charge in [0.1, 0.15) is 0 Å². The minimum absolute atomic E-state index is 0.244.